The molecule has 1 aliphatic rings. The van der Waals surface area contributed by atoms with Crippen LogP contribution < -0.4 is 10.3 Å². The van der Waals surface area contributed by atoms with E-state index in [0.29, 0.717) is 16.8 Å². The topological polar surface area (TPSA) is 51.5 Å². The van der Waals surface area contributed by atoms with Crippen LogP contribution in [0, 0.1) is 0 Å². The Bertz CT molecular complexity index is 933. The van der Waals surface area contributed by atoms with Crippen molar-refractivity contribution < 1.29 is 9.84 Å². The average molecular weight is 358 g/mol. The lowest BCUT2D eigenvalue weighted by molar-refractivity contribution is -0.0434. The van der Waals surface area contributed by atoms with Crippen LogP contribution in [0.2, 0.25) is 0 Å². The number of hydrogen-bond donors (Lipinski definition) is 1. The number of benzene rings is 2. The molecule has 5 heteroatoms. The predicted octanol–water partition coefficient (Wildman–Crippen LogP) is 2.85. The number of halogens is 1. The van der Waals surface area contributed by atoms with E-state index in [2.05, 4.69) is 15.9 Å². The van der Waals surface area contributed by atoms with Crippen LogP contribution in [0.3, 0.4) is 0 Å². The van der Waals surface area contributed by atoms with Gasteiger partial charge in [0.2, 0.25) is 5.72 Å². The van der Waals surface area contributed by atoms with Crippen molar-refractivity contribution in [2.75, 3.05) is 6.61 Å². The molecule has 0 aliphatic carbocycles. The third-order valence-corrected chi connectivity index (χ3v) is 4.51. The summed E-state index contributed by atoms with van der Waals surface area (Å²) in [6.45, 7) is -0.00926. The molecule has 0 saturated carbocycles. The standard InChI is InChI=1S/C17H12BrNO3/c18-13-7-5-12(6-8-13)17(21)10-22-14-3-1-2-11-4-9-15(20)19(17)16(11)14/h1-9,21H,10H2. The van der Waals surface area contributed by atoms with Gasteiger partial charge in [0, 0.05) is 21.5 Å². The zero-order valence-electron chi connectivity index (χ0n) is 11.5. The summed E-state index contributed by atoms with van der Waals surface area (Å²) < 4.78 is 8.06. The van der Waals surface area contributed by atoms with Gasteiger partial charge in [-0.05, 0) is 24.3 Å². The van der Waals surface area contributed by atoms with Crippen LogP contribution in [-0.4, -0.2) is 16.3 Å². The number of pyridine rings is 1. The van der Waals surface area contributed by atoms with Gasteiger partial charge in [0.15, 0.2) is 0 Å². The van der Waals surface area contributed by atoms with Gasteiger partial charge in [0.05, 0.1) is 5.52 Å². The van der Waals surface area contributed by atoms with E-state index in [1.165, 1.54) is 10.6 Å². The average Bonchev–Trinajstić information content (AvgIpc) is 2.53. The summed E-state index contributed by atoms with van der Waals surface area (Å²) in [5.41, 5.74) is -0.550. The van der Waals surface area contributed by atoms with Crippen LogP contribution in [0.5, 0.6) is 5.75 Å². The fourth-order valence-electron chi connectivity index (χ4n) is 2.91. The maximum Gasteiger partial charge on any atom is 0.253 e. The largest absolute Gasteiger partial charge is 0.486 e. The number of aromatic nitrogens is 1. The van der Waals surface area contributed by atoms with E-state index in [-0.39, 0.29) is 12.2 Å². The van der Waals surface area contributed by atoms with Crippen molar-refractivity contribution in [1.82, 2.24) is 4.57 Å². The zero-order valence-corrected chi connectivity index (χ0v) is 13.1. The Labute approximate surface area is 134 Å². The smallest absolute Gasteiger partial charge is 0.253 e. The molecule has 4 rings (SSSR count). The second kappa shape index (κ2) is 4.69. The van der Waals surface area contributed by atoms with E-state index in [0.717, 1.165) is 9.86 Å². The summed E-state index contributed by atoms with van der Waals surface area (Å²) in [4.78, 5) is 12.4. The minimum Gasteiger partial charge on any atom is -0.486 e. The molecule has 4 nitrogen and oxygen atoms in total. The van der Waals surface area contributed by atoms with Gasteiger partial charge in [-0.3, -0.25) is 9.36 Å². The lowest BCUT2D eigenvalue weighted by Crippen LogP contribution is -2.48. The van der Waals surface area contributed by atoms with Gasteiger partial charge in [0.25, 0.3) is 5.56 Å². The van der Waals surface area contributed by atoms with Crippen LogP contribution in [0.4, 0.5) is 0 Å². The monoisotopic (exact) mass is 357 g/mol. The molecule has 1 N–H and O–H groups in total. The van der Waals surface area contributed by atoms with Crippen molar-refractivity contribution in [2.24, 2.45) is 0 Å². The third kappa shape index (κ3) is 1.82. The van der Waals surface area contributed by atoms with Crippen LogP contribution in [0.25, 0.3) is 10.9 Å². The Morgan fingerprint density at radius 3 is 2.64 bits per heavy atom. The van der Waals surface area contributed by atoms with Crippen molar-refractivity contribution in [3.63, 3.8) is 0 Å². The molecule has 0 amide bonds. The first-order valence-corrected chi connectivity index (χ1v) is 7.65. The molecule has 110 valence electrons. The second-order valence-corrected chi connectivity index (χ2v) is 6.23. The molecule has 0 radical (unpaired) electrons. The molecule has 2 heterocycles. The molecular weight excluding hydrogens is 346 g/mol. The highest BCUT2D eigenvalue weighted by atomic mass is 79.9. The Kier molecular flexibility index (Phi) is 2.89. The summed E-state index contributed by atoms with van der Waals surface area (Å²) in [6, 6.07) is 16.0. The molecule has 1 unspecified atom stereocenters. The Morgan fingerprint density at radius 2 is 1.86 bits per heavy atom. The molecule has 0 bridgehead atoms. The third-order valence-electron chi connectivity index (χ3n) is 3.99. The van der Waals surface area contributed by atoms with E-state index >= 15 is 0 Å². The van der Waals surface area contributed by atoms with Crippen LogP contribution in [-0.2, 0) is 5.72 Å². The Hall–Kier alpha value is -2.11. The number of para-hydroxylation sites is 1. The quantitative estimate of drug-likeness (QED) is 0.728. The van der Waals surface area contributed by atoms with Crippen molar-refractivity contribution in [1.29, 1.82) is 0 Å². The second-order valence-electron chi connectivity index (χ2n) is 5.31. The van der Waals surface area contributed by atoms with Crippen molar-refractivity contribution >= 4 is 26.8 Å². The van der Waals surface area contributed by atoms with Crippen LogP contribution in [0.15, 0.2) is 63.9 Å². The first kappa shape index (κ1) is 13.5. The van der Waals surface area contributed by atoms with Crippen molar-refractivity contribution in [3.8, 4) is 5.75 Å². The van der Waals surface area contributed by atoms with Gasteiger partial charge in [0.1, 0.15) is 12.4 Å². The number of nitrogens with zero attached hydrogens (tertiary/aromatic N) is 1. The summed E-state index contributed by atoms with van der Waals surface area (Å²) in [6.07, 6.45) is 0. The number of ether oxygens (including phenoxy) is 1. The number of hydrogen-bond acceptors (Lipinski definition) is 3. The van der Waals surface area contributed by atoms with Crippen LogP contribution >= 0.6 is 15.9 Å². The van der Waals surface area contributed by atoms with E-state index in [1.54, 1.807) is 24.3 Å². The van der Waals surface area contributed by atoms with Gasteiger partial charge in [-0.1, -0.05) is 40.2 Å². The maximum absolute atomic E-state index is 12.4. The summed E-state index contributed by atoms with van der Waals surface area (Å²) in [7, 11) is 0. The molecule has 22 heavy (non-hydrogen) atoms. The van der Waals surface area contributed by atoms with E-state index in [1.807, 2.05) is 24.3 Å². The molecule has 1 aromatic heterocycles. The molecule has 1 atom stereocenters. The molecular formula is C17H12BrNO3. The fourth-order valence-corrected chi connectivity index (χ4v) is 3.18. The van der Waals surface area contributed by atoms with Crippen molar-refractivity contribution in [3.05, 3.63) is 75.0 Å². The minimum atomic E-state index is -1.52. The summed E-state index contributed by atoms with van der Waals surface area (Å²) in [5.74, 6) is 0.608. The highest BCUT2D eigenvalue weighted by Crippen LogP contribution is 2.36. The fraction of sp³-hybridized carbons (Fsp3) is 0.118. The maximum atomic E-state index is 12.4. The first-order valence-electron chi connectivity index (χ1n) is 6.86. The lowest BCUT2D eigenvalue weighted by Gasteiger charge is -2.36. The molecule has 1 aliphatic heterocycles. The first-order chi connectivity index (χ1) is 10.6. The van der Waals surface area contributed by atoms with Gasteiger partial charge in [-0.15, -0.1) is 0 Å². The van der Waals surface area contributed by atoms with Crippen molar-refractivity contribution in [2.45, 2.75) is 5.72 Å². The van der Waals surface area contributed by atoms with Crippen LogP contribution in [0.1, 0.15) is 5.56 Å². The molecule has 2 aromatic carbocycles. The lowest BCUT2D eigenvalue weighted by atomic mass is 10.0. The molecule has 0 saturated heterocycles. The van der Waals surface area contributed by atoms with E-state index in [9.17, 15) is 9.90 Å². The zero-order chi connectivity index (χ0) is 15.3. The summed E-state index contributed by atoms with van der Waals surface area (Å²) >= 11 is 3.38. The normalized spacial score (nSPS) is 19.9. The van der Waals surface area contributed by atoms with Gasteiger partial charge >= 0.3 is 0 Å². The van der Waals surface area contributed by atoms with E-state index in [4.69, 9.17) is 4.74 Å². The number of aliphatic hydroxyl groups is 1. The van der Waals surface area contributed by atoms with Gasteiger partial charge < -0.3 is 9.84 Å². The minimum absolute atomic E-state index is 0.00926. The summed E-state index contributed by atoms with van der Waals surface area (Å²) in [5, 5.41) is 12.1. The Morgan fingerprint density at radius 1 is 1.09 bits per heavy atom. The van der Waals surface area contributed by atoms with Gasteiger partial charge in [-0.25, -0.2) is 0 Å². The molecule has 0 spiro atoms. The highest BCUT2D eigenvalue weighted by Gasteiger charge is 2.38. The molecule has 0 fully saturated rings. The number of rotatable bonds is 1. The Balaban J connectivity index is 2.08. The molecule has 3 aromatic rings. The van der Waals surface area contributed by atoms with Gasteiger partial charge in [-0.2, -0.15) is 0 Å². The predicted molar refractivity (Wildman–Crippen MR) is 87.1 cm³/mol. The SMILES string of the molecule is O=c1ccc2cccc3c2n1C(O)(c1ccc(Br)cc1)CO3. The van der Waals surface area contributed by atoms with E-state index < -0.39 is 5.72 Å². The highest BCUT2D eigenvalue weighted by molar-refractivity contribution is 9.10.